The van der Waals surface area contributed by atoms with Crippen LogP contribution < -0.4 is 16.4 Å². The Morgan fingerprint density at radius 2 is 1.72 bits per heavy atom. The second-order valence-corrected chi connectivity index (χ2v) is 5.64. The summed E-state index contributed by atoms with van der Waals surface area (Å²) in [5.41, 5.74) is 7.77. The molecule has 0 unspecified atom stereocenters. The number of nitrogens with one attached hydrogen (secondary N) is 3. The van der Waals surface area contributed by atoms with E-state index in [1.165, 1.54) is 0 Å². The van der Waals surface area contributed by atoms with Gasteiger partial charge in [0, 0.05) is 22.0 Å². The lowest BCUT2D eigenvalue weighted by atomic mass is 10.1. The molecule has 1 aromatic heterocycles. The largest absolute Gasteiger partial charge is 0.351 e. The van der Waals surface area contributed by atoms with Crippen molar-refractivity contribution in [1.82, 2.24) is 10.2 Å². The topological polar surface area (TPSA) is 113 Å². The lowest BCUT2D eigenvalue weighted by molar-refractivity contribution is 0.102. The van der Waals surface area contributed by atoms with E-state index in [0.717, 1.165) is 5.56 Å². The van der Waals surface area contributed by atoms with Crippen molar-refractivity contribution in [2.45, 2.75) is 0 Å². The van der Waals surface area contributed by atoms with E-state index in [1.807, 2.05) is 12.1 Å². The van der Waals surface area contributed by atoms with Crippen LogP contribution in [0.3, 0.4) is 0 Å². The molecular formula is C17H14ClN5O2. The number of hydrogen-bond donors (Lipinski definition) is 4. The molecule has 0 fully saturated rings. The number of hydrogen-bond acceptors (Lipinski definition) is 3. The number of halogens is 1. The highest BCUT2D eigenvalue weighted by atomic mass is 35.5. The van der Waals surface area contributed by atoms with Gasteiger partial charge in [0.2, 0.25) is 0 Å². The molecule has 126 valence electrons. The number of carbonyl (C=O) groups is 2. The number of anilines is 2. The van der Waals surface area contributed by atoms with E-state index in [9.17, 15) is 9.59 Å². The van der Waals surface area contributed by atoms with Crippen LogP contribution in [0.4, 0.5) is 16.2 Å². The van der Waals surface area contributed by atoms with Crippen LogP contribution in [0.25, 0.3) is 11.3 Å². The first-order valence-electron chi connectivity index (χ1n) is 7.30. The molecule has 1 heterocycles. The Balaban J connectivity index is 1.75. The van der Waals surface area contributed by atoms with Crippen LogP contribution in [0, 0.1) is 0 Å². The average molecular weight is 356 g/mol. The number of aromatic amines is 1. The first-order chi connectivity index (χ1) is 12.0. The number of amides is 3. The molecule has 0 atom stereocenters. The van der Waals surface area contributed by atoms with Crippen LogP contribution >= 0.6 is 11.6 Å². The van der Waals surface area contributed by atoms with Gasteiger partial charge in [-0.15, -0.1) is 0 Å². The van der Waals surface area contributed by atoms with Gasteiger partial charge in [0.25, 0.3) is 5.91 Å². The minimum atomic E-state index is -0.678. The monoisotopic (exact) mass is 355 g/mol. The van der Waals surface area contributed by atoms with Crippen molar-refractivity contribution in [3.8, 4) is 11.3 Å². The third-order valence-corrected chi connectivity index (χ3v) is 3.57. The van der Waals surface area contributed by atoms with Crippen LogP contribution in [-0.2, 0) is 0 Å². The molecule has 8 heteroatoms. The quantitative estimate of drug-likeness (QED) is 0.574. The van der Waals surface area contributed by atoms with Gasteiger partial charge in [0.15, 0.2) is 0 Å². The second kappa shape index (κ2) is 7.06. The highest BCUT2D eigenvalue weighted by molar-refractivity contribution is 6.30. The number of nitrogens with two attached hydrogens (primary N) is 1. The molecule has 0 saturated carbocycles. The molecule has 7 nitrogen and oxygen atoms in total. The highest BCUT2D eigenvalue weighted by Crippen LogP contribution is 2.22. The van der Waals surface area contributed by atoms with Gasteiger partial charge in [-0.3, -0.25) is 9.89 Å². The number of primary amides is 1. The third-order valence-electron chi connectivity index (χ3n) is 3.33. The summed E-state index contributed by atoms with van der Waals surface area (Å²) in [5.74, 6) is -0.364. The molecule has 0 radical (unpaired) electrons. The fraction of sp³-hybridized carbons (Fsp3) is 0. The van der Waals surface area contributed by atoms with Crippen molar-refractivity contribution < 1.29 is 9.59 Å². The van der Waals surface area contributed by atoms with E-state index in [1.54, 1.807) is 42.5 Å². The normalized spacial score (nSPS) is 10.3. The lowest BCUT2D eigenvalue weighted by Crippen LogP contribution is -2.19. The zero-order valence-corrected chi connectivity index (χ0v) is 13.7. The molecule has 0 bridgehead atoms. The standard InChI is InChI=1S/C17H14ClN5O2/c18-11-4-1-3-10(7-11)14-9-15(23-22-14)16(24)20-12-5-2-6-13(8-12)21-17(19)25/h1-9H,(H,20,24)(H,22,23)(H3,19,21,25). The van der Waals surface area contributed by atoms with Gasteiger partial charge in [0.05, 0.1) is 5.69 Å². The minimum absolute atomic E-state index is 0.295. The van der Waals surface area contributed by atoms with Crippen molar-refractivity contribution in [2.75, 3.05) is 10.6 Å². The maximum Gasteiger partial charge on any atom is 0.316 e. The predicted octanol–water partition coefficient (Wildman–Crippen LogP) is 3.47. The Morgan fingerprint density at radius 3 is 2.44 bits per heavy atom. The summed E-state index contributed by atoms with van der Waals surface area (Å²) in [6, 6.07) is 14.8. The third kappa shape index (κ3) is 4.15. The summed E-state index contributed by atoms with van der Waals surface area (Å²) in [4.78, 5) is 23.2. The average Bonchev–Trinajstić information content (AvgIpc) is 3.05. The van der Waals surface area contributed by atoms with Crippen molar-refractivity contribution in [3.63, 3.8) is 0 Å². The van der Waals surface area contributed by atoms with Gasteiger partial charge in [-0.25, -0.2) is 4.79 Å². The predicted molar refractivity (Wildman–Crippen MR) is 96.6 cm³/mol. The fourth-order valence-corrected chi connectivity index (χ4v) is 2.44. The van der Waals surface area contributed by atoms with E-state index in [-0.39, 0.29) is 5.91 Å². The highest BCUT2D eigenvalue weighted by Gasteiger charge is 2.12. The maximum atomic E-state index is 12.3. The number of H-pyrrole nitrogens is 1. The van der Waals surface area contributed by atoms with Gasteiger partial charge >= 0.3 is 6.03 Å². The summed E-state index contributed by atoms with van der Waals surface area (Å²) in [6.45, 7) is 0. The zero-order valence-electron chi connectivity index (χ0n) is 12.9. The molecule has 3 rings (SSSR count). The molecule has 25 heavy (non-hydrogen) atoms. The number of nitrogens with zero attached hydrogens (tertiary/aromatic N) is 1. The molecule has 0 saturated heterocycles. The second-order valence-electron chi connectivity index (χ2n) is 5.20. The number of carbonyl (C=O) groups excluding carboxylic acids is 2. The lowest BCUT2D eigenvalue weighted by Gasteiger charge is -2.06. The van der Waals surface area contributed by atoms with E-state index >= 15 is 0 Å². The molecular weight excluding hydrogens is 342 g/mol. The minimum Gasteiger partial charge on any atom is -0.351 e. The van der Waals surface area contributed by atoms with Gasteiger partial charge in [-0.2, -0.15) is 5.10 Å². The van der Waals surface area contributed by atoms with Gasteiger partial charge < -0.3 is 16.4 Å². The molecule has 0 aliphatic heterocycles. The van der Waals surface area contributed by atoms with Crippen molar-refractivity contribution in [1.29, 1.82) is 0 Å². The smallest absolute Gasteiger partial charge is 0.316 e. The first kappa shape index (κ1) is 16.5. The Bertz CT molecular complexity index is 938. The molecule has 3 aromatic rings. The number of aromatic nitrogens is 2. The molecule has 0 spiro atoms. The maximum absolute atomic E-state index is 12.3. The Hall–Kier alpha value is -3.32. The first-order valence-corrected chi connectivity index (χ1v) is 7.68. The summed E-state index contributed by atoms with van der Waals surface area (Å²) in [7, 11) is 0. The van der Waals surface area contributed by atoms with Crippen LogP contribution in [-0.4, -0.2) is 22.1 Å². The van der Waals surface area contributed by atoms with Crippen LogP contribution in [0.1, 0.15) is 10.5 Å². The SMILES string of the molecule is NC(=O)Nc1cccc(NC(=O)c2cc(-c3cccc(Cl)c3)n[nH]2)c1. The molecule has 0 aliphatic carbocycles. The zero-order chi connectivity index (χ0) is 17.8. The van der Waals surface area contributed by atoms with Crippen LogP contribution in [0.2, 0.25) is 5.02 Å². The summed E-state index contributed by atoms with van der Waals surface area (Å²) in [6.07, 6.45) is 0. The van der Waals surface area contributed by atoms with E-state index < -0.39 is 6.03 Å². The number of benzene rings is 2. The van der Waals surface area contributed by atoms with E-state index in [4.69, 9.17) is 17.3 Å². The molecule has 3 amide bonds. The Kier molecular flexibility index (Phi) is 4.67. The van der Waals surface area contributed by atoms with E-state index in [0.29, 0.717) is 27.8 Å². The van der Waals surface area contributed by atoms with E-state index in [2.05, 4.69) is 20.8 Å². The van der Waals surface area contributed by atoms with Crippen LogP contribution in [0.15, 0.2) is 54.6 Å². The molecule has 5 N–H and O–H groups in total. The van der Waals surface area contributed by atoms with Crippen molar-refractivity contribution in [3.05, 3.63) is 65.3 Å². The number of rotatable bonds is 4. The van der Waals surface area contributed by atoms with Crippen molar-refractivity contribution >= 4 is 34.9 Å². The van der Waals surface area contributed by atoms with Crippen molar-refractivity contribution in [2.24, 2.45) is 5.73 Å². The summed E-state index contributed by atoms with van der Waals surface area (Å²) >= 11 is 5.97. The summed E-state index contributed by atoms with van der Waals surface area (Å²) in [5, 5.41) is 12.6. The van der Waals surface area contributed by atoms with Crippen LogP contribution in [0.5, 0.6) is 0 Å². The van der Waals surface area contributed by atoms with Gasteiger partial charge in [-0.1, -0.05) is 29.8 Å². The summed E-state index contributed by atoms with van der Waals surface area (Å²) < 4.78 is 0. The Labute approximate surface area is 148 Å². The number of urea groups is 1. The molecule has 2 aromatic carbocycles. The van der Waals surface area contributed by atoms with Gasteiger partial charge in [0.1, 0.15) is 5.69 Å². The fourth-order valence-electron chi connectivity index (χ4n) is 2.25. The molecule has 0 aliphatic rings. The van der Waals surface area contributed by atoms with Gasteiger partial charge in [-0.05, 0) is 36.4 Å². The Morgan fingerprint density at radius 1 is 1.00 bits per heavy atom.